The molecule has 0 bridgehead atoms. The van der Waals surface area contributed by atoms with Crippen molar-refractivity contribution < 1.29 is 23.5 Å². The number of benzene rings is 2. The minimum absolute atomic E-state index is 0.127. The van der Waals surface area contributed by atoms with Crippen LogP contribution in [0.2, 0.25) is 0 Å². The molecule has 0 unspecified atom stereocenters. The fourth-order valence-corrected chi connectivity index (χ4v) is 3.87. The van der Waals surface area contributed by atoms with Crippen molar-refractivity contribution in [1.29, 1.82) is 0 Å². The normalized spacial score (nSPS) is 13.6. The predicted molar refractivity (Wildman–Crippen MR) is 131 cm³/mol. The van der Waals surface area contributed by atoms with Crippen LogP contribution >= 0.6 is 12.2 Å². The van der Waals surface area contributed by atoms with Gasteiger partial charge in [-0.15, -0.1) is 0 Å². The Labute approximate surface area is 201 Å². The van der Waals surface area contributed by atoms with Gasteiger partial charge in [0.2, 0.25) is 5.76 Å². The quantitative estimate of drug-likeness (QED) is 0.238. The van der Waals surface area contributed by atoms with Gasteiger partial charge < -0.3 is 19.2 Å². The zero-order valence-electron chi connectivity index (χ0n) is 18.7. The Morgan fingerprint density at radius 2 is 1.76 bits per heavy atom. The molecule has 1 aliphatic carbocycles. The number of esters is 2. The van der Waals surface area contributed by atoms with E-state index in [4.69, 9.17) is 21.4 Å². The number of nitrogens with one attached hydrogen (secondary N) is 2. The highest BCUT2D eigenvalue weighted by molar-refractivity contribution is 7.80. The molecule has 0 saturated heterocycles. The van der Waals surface area contributed by atoms with Gasteiger partial charge in [0.25, 0.3) is 0 Å². The molecule has 0 saturated carbocycles. The Kier molecular flexibility index (Phi) is 7.03. The molecule has 8 nitrogen and oxygen atoms in total. The number of thiocarbonyl (C=S) groups is 1. The summed E-state index contributed by atoms with van der Waals surface area (Å²) in [6.45, 7) is 1.81. The van der Waals surface area contributed by atoms with Crippen LogP contribution in [0, 0.1) is 6.92 Å². The van der Waals surface area contributed by atoms with Crippen LogP contribution in [0.3, 0.4) is 0 Å². The second-order valence-corrected chi connectivity index (χ2v) is 8.01. The van der Waals surface area contributed by atoms with Gasteiger partial charge in [0.15, 0.2) is 5.11 Å². The molecule has 0 atom stereocenters. The van der Waals surface area contributed by atoms with Gasteiger partial charge in [0.05, 0.1) is 18.4 Å². The first kappa shape index (κ1) is 23.2. The Bertz CT molecular complexity index is 1250. The van der Waals surface area contributed by atoms with Crippen LogP contribution in [0.4, 0.5) is 5.69 Å². The molecule has 4 rings (SSSR count). The summed E-state index contributed by atoms with van der Waals surface area (Å²) in [6.07, 6.45) is 2.25. The van der Waals surface area contributed by atoms with Crippen molar-refractivity contribution in [1.82, 2.24) is 5.43 Å². The first-order valence-electron chi connectivity index (χ1n) is 10.7. The number of carbonyl (C=O) groups is 2. The van der Waals surface area contributed by atoms with Crippen LogP contribution in [-0.4, -0.2) is 29.9 Å². The lowest BCUT2D eigenvalue weighted by atomic mass is 9.93. The number of hydrazone groups is 1. The van der Waals surface area contributed by atoms with Gasteiger partial charge in [-0.25, -0.2) is 9.59 Å². The number of para-hydroxylation sites is 1. The minimum atomic E-state index is -0.619. The number of methoxy groups -OCH3 is 1. The van der Waals surface area contributed by atoms with E-state index >= 15 is 0 Å². The fourth-order valence-electron chi connectivity index (χ4n) is 3.70. The molecule has 1 aromatic heterocycles. The maximum Gasteiger partial charge on any atom is 0.379 e. The van der Waals surface area contributed by atoms with Crippen LogP contribution in [0.25, 0.3) is 0 Å². The number of rotatable bonds is 5. The zero-order valence-corrected chi connectivity index (χ0v) is 19.5. The highest BCUT2D eigenvalue weighted by atomic mass is 32.1. The SMILES string of the molecule is COC(=O)c1ccc(OC(=O)c2oc3c(c2C)/C(=N/NC(=S)Nc2ccccc2)CCC3)cc1. The summed E-state index contributed by atoms with van der Waals surface area (Å²) in [5.41, 5.74) is 6.32. The number of fused-ring (bicyclic) bond motifs is 1. The standard InChI is InChI=1S/C25H23N3O5S/c1-15-21-19(27-28-25(34)26-17-7-4-3-5-8-17)9-6-10-20(21)33-22(15)24(30)32-18-13-11-16(12-14-18)23(29)31-2/h3-5,7-8,11-14H,6,9-10H2,1-2H3,(H2,26,28,34)/b27-19+. The minimum Gasteiger partial charge on any atom is -0.465 e. The molecular weight excluding hydrogens is 454 g/mol. The molecule has 174 valence electrons. The van der Waals surface area contributed by atoms with Gasteiger partial charge in [0, 0.05) is 23.2 Å². The lowest BCUT2D eigenvalue weighted by molar-refractivity contribution is 0.0600. The van der Waals surface area contributed by atoms with Crippen molar-refractivity contribution in [3.63, 3.8) is 0 Å². The molecule has 0 fully saturated rings. The first-order chi connectivity index (χ1) is 16.5. The van der Waals surface area contributed by atoms with Crippen molar-refractivity contribution in [2.45, 2.75) is 26.2 Å². The van der Waals surface area contributed by atoms with Gasteiger partial charge in [0.1, 0.15) is 11.5 Å². The average molecular weight is 478 g/mol. The molecule has 2 N–H and O–H groups in total. The number of carbonyl (C=O) groups excluding carboxylic acids is 2. The van der Waals surface area contributed by atoms with Gasteiger partial charge >= 0.3 is 11.9 Å². The average Bonchev–Trinajstić information content (AvgIpc) is 3.20. The van der Waals surface area contributed by atoms with E-state index in [9.17, 15) is 9.59 Å². The Morgan fingerprint density at radius 3 is 2.47 bits per heavy atom. The summed E-state index contributed by atoms with van der Waals surface area (Å²) in [7, 11) is 1.30. The van der Waals surface area contributed by atoms with E-state index in [1.54, 1.807) is 6.92 Å². The van der Waals surface area contributed by atoms with Crippen LogP contribution in [0.1, 0.15) is 50.6 Å². The predicted octanol–water partition coefficient (Wildman–Crippen LogP) is 4.62. The van der Waals surface area contributed by atoms with Gasteiger partial charge in [-0.05, 0) is 68.4 Å². The maximum atomic E-state index is 12.8. The highest BCUT2D eigenvalue weighted by Gasteiger charge is 2.29. The van der Waals surface area contributed by atoms with E-state index in [2.05, 4.69) is 20.6 Å². The van der Waals surface area contributed by atoms with Crippen molar-refractivity contribution in [3.05, 3.63) is 82.8 Å². The largest absolute Gasteiger partial charge is 0.465 e. The van der Waals surface area contributed by atoms with E-state index < -0.39 is 11.9 Å². The topological polar surface area (TPSA) is 102 Å². The Morgan fingerprint density at radius 1 is 1.03 bits per heavy atom. The number of nitrogens with zero attached hydrogens (tertiary/aromatic N) is 1. The molecule has 9 heteroatoms. The Hall–Kier alpha value is -3.98. The molecule has 0 aliphatic heterocycles. The van der Waals surface area contributed by atoms with E-state index in [0.717, 1.165) is 29.8 Å². The third-order valence-electron chi connectivity index (χ3n) is 5.32. The summed E-state index contributed by atoms with van der Waals surface area (Å²) in [5, 5.41) is 7.91. The Balaban J connectivity index is 1.48. The smallest absolute Gasteiger partial charge is 0.379 e. The van der Waals surface area contributed by atoms with Gasteiger partial charge in [-0.1, -0.05) is 18.2 Å². The molecular formula is C25H23N3O5S. The van der Waals surface area contributed by atoms with Crippen LogP contribution < -0.4 is 15.5 Å². The summed E-state index contributed by atoms with van der Waals surface area (Å²) >= 11 is 5.33. The summed E-state index contributed by atoms with van der Waals surface area (Å²) in [6, 6.07) is 15.7. The molecule has 0 amide bonds. The summed E-state index contributed by atoms with van der Waals surface area (Å²) in [5.74, 6) is 0.0257. The van der Waals surface area contributed by atoms with E-state index in [0.29, 0.717) is 34.2 Å². The van der Waals surface area contributed by atoms with Crippen molar-refractivity contribution in [3.8, 4) is 5.75 Å². The van der Waals surface area contributed by atoms with Crippen LogP contribution in [0.15, 0.2) is 64.1 Å². The van der Waals surface area contributed by atoms with Crippen molar-refractivity contribution in [2.75, 3.05) is 12.4 Å². The molecule has 3 aromatic rings. The number of ether oxygens (including phenoxy) is 2. The molecule has 1 heterocycles. The number of hydrogen-bond donors (Lipinski definition) is 2. The van der Waals surface area contributed by atoms with E-state index in [-0.39, 0.29) is 5.76 Å². The zero-order chi connectivity index (χ0) is 24.1. The third-order valence-corrected chi connectivity index (χ3v) is 5.51. The number of aryl methyl sites for hydroxylation is 1. The second kappa shape index (κ2) is 10.3. The molecule has 34 heavy (non-hydrogen) atoms. The van der Waals surface area contributed by atoms with E-state index in [1.807, 2.05) is 30.3 Å². The molecule has 1 aliphatic rings. The summed E-state index contributed by atoms with van der Waals surface area (Å²) < 4.78 is 16.0. The second-order valence-electron chi connectivity index (χ2n) is 7.60. The maximum absolute atomic E-state index is 12.8. The van der Waals surface area contributed by atoms with Gasteiger partial charge in [-0.2, -0.15) is 5.10 Å². The fraction of sp³-hybridized carbons (Fsp3) is 0.200. The van der Waals surface area contributed by atoms with Gasteiger partial charge in [-0.3, -0.25) is 5.43 Å². The highest BCUT2D eigenvalue weighted by Crippen LogP contribution is 2.30. The number of furan rings is 1. The molecule has 0 spiro atoms. The molecule has 0 radical (unpaired) electrons. The first-order valence-corrected chi connectivity index (χ1v) is 11.1. The lowest BCUT2D eigenvalue weighted by Gasteiger charge is -2.14. The molecule has 2 aromatic carbocycles. The van der Waals surface area contributed by atoms with Crippen molar-refractivity contribution >= 4 is 40.7 Å². The van der Waals surface area contributed by atoms with Crippen LogP contribution in [-0.2, 0) is 11.2 Å². The number of hydrogen-bond acceptors (Lipinski definition) is 7. The third kappa shape index (κ3) is 5.15. The van der Waals surface area contributed by atoms with E-state index in [1.165, 1.54) is 31.4 Å². The lowest BCUT2D eigenvalue weighted by Crippen LogP contribution is -2.26. The van der Waals surface area contributed by atoms with Crippen LogP contribution in [0.5, 0.6) is 5.75 Å². The monoisotopic (exact) mass is 477 g/mol. The van der Waals surface area contributed by atoms with Crippen molar-refractivity contribution in [2.24, 2.45) is 5.10 Å². The number of anilines is 1. The summed E-state index contributed by atoms with van der Waals surface area (Å²) in [4.78, 5) is 24.4.